The second-order valence-corrected chi connectivity index (χ2v) is 6.04. The first-order valence-corrected chi connectivity index (χ1v) is 7.11. The van der Waals surface area contributed by atoms with E-state index in [1.165, 1.54) is 23.9 Å². The molecule has 1 N–H and O–H groups in total. The molecule has 1 fully saturated rings. The highest BCUT2D eigenvalue weighted by Crippen LogP contribution is 2.44. The number of hydrogen-bond acceptors (Lipinski definition) is 2. The molecule has 0 amide bonds. The summed E-state index contributed by atoms with van der Waals surface area (Å²) in [5.41, 5.74) is -1.01. The van der Waals surface area contributed by atoms with Gasteiger partial charge in [0, 0.05) is 15.7 Å². The van der Waals surface area contributed by atoms with Crippen LogP contribution in [0.4, 0.5) is 22.0 Å². The second kappa shape index (κ2) is 5.89. The van der Waals surface area contributed by atoms with Crippen molar-refractivity contribution >= 4 is 11.8 Å². The molecule has 20 heavy (non-hydrogen) atoms. The molecule has 0 aromatic heterocycles. The van der Waals surface area contributed by atoms with Gasteiger partial charge in [-0.25, -0.2) is 0 Å². The highest BCUT2D eigenvalue weighted by Gasteiger charge is 2.58. The Morgan fingerprint density at radius 2 is 1.50 bits per heavy atom. The van der Waals surface area contributed by atoms with E-state index in [-0.39, 0.29) is 0 Å². The Kier molecular flexibility index (Phi) is 4.59. The SMILES string of the molecule is FC(F)(F)C(F)(F)c1ccc(SC2CCNCC2)cc1. The van der Waals surface area contributed by atoms with Crippen LogP contribution in [0.25, 0.3) is 0 Å². The van der Waals surface area contributed by atoms with Gasteiger partial charge < -0.3 is 5.32 Å². The van der Waals surface area contributed by atoms with E-state index in [1.54, 1.807) is 0 Å². The quantitative estimate of drug-likeness (QED) is 0.840. The van der Waals surface area contributed by atoms with Gasteiger partial charge >= 0.3 is 12.1 Å². The number of hydrogen-bond donors (Lipinski definition) is 1. The first-order chi connectivity index (χ1) is 9.30. The molecule has 0 spiro atoms. The van der Waals surface area contributed by atoms with Crippen LogP contribution < -0.4 is 5.32 Å². The van der Waals surface area contributed by atoms with E-state index in [2.05, 4.69) is 5.32 Å². The molecule has 7 heteroatoms. The van der Waals surface area contributed by atoms with Crippen LogP contribution in [0.5, 0.6) is 0 Å². The third kappa shape index (κ3) is 3.44. The lowest BCUT2D eigenvalue weighted by Gasteiger charge is -2.23. The zero-order valence-corrected chi connectivity index (χ0v) is 11.3. The molecule has 1 heterocycles. The summed E-state index contributed by atoms with van der Waals surface area (Å²) in [6.07, 6.45) is -3.63. The first kappa shape index (κ1) is 15.6. The number of nitrogens with one attached hydrogen (secondary N) is 1. The highest BCUT2D eigenvalue weighted by atomic mass is 32.2. The maximum absolute atomic E-state index is 13.1. The summed E-state index contributed by atoms with van der Waals surface area (Å²) in [5, 5.41) is 3.59. The fraction of sp³-hybridized carbons (Fsp3) is 0.538. The Balaban J connectivity index is 2.06. The van der Waals surface area contributed by atoms with Crippen molar-refractivity contribution in [2.45, 2.75) is 35.1 Å². The van der Waals surface area contributed by atoms with Crippen molar-refractivity contribution < 1.29 is 22.0 Å². The fourth-order valence-electron chi connectivity index (χ4n) is 2.01. The Hall–Kier alpha value is -0.820. The van der Waals surface area contributed by atoms with Gasteiger partial charge in [0.15, 0.2) is 0 Å². The van der Waals surface area contributed by atoms with E-state index in [0.29, 0.717) is 5.25 Å². The van der Waals surface area contributed by atoms with Gasteiger partial charge in [-0.2, -0.15) is 22.0 Å². The molecule has 1 aliphatic rings. The Labute approximate surface area is 117 Å². The predicted octanol–water partition coefficient (Wildman–Crippen LogP) is 4.18. The van der Waals surface area contributed by atoms with Crippen LogP contribution in [-0.4, -0.2) is 24.5 Å². The molecule has 0 bridgehead atoms. The molecule has 0 saturated carbocycles. The Morgan fingerprint density at radius 3 is 2.00 bits per heavy atom. The first-order valence-electron chi connectivity index (χ1n) is 6.23. The lowest BCUT2D eigenvalue weighted by Crippen LogP contribution is -2.33. The number of thioether (sulfide) groups is 1. The summed E-state index contributed by atoms with van der Waals surface area (Å²) in [4.78, 5) is 0.721. The molecule has 112 valence electrons. The number of rotatable bonds is 3. The van der Waals surface area contributed by atoms with Crippen molar-refractivity contribution in [2.75, 3.05) is 13.1 Å². The summed E-state index contributed by atoms with van der Waals surface area (Å²) >= 11 is 1.53. The topological polar surface area (TPSA) is 12.0 Å². The molecular formula is C13H14F5NS. The van der Waals surface area contributed by atoms with Crippen molar-refractivity contribution in [2.24, 2.45) is 0 Å². The normalized spacial score (nSPS) is 18.2. The van der Waals surface area contributed by atoms with E-state index < -0.39 is 17.7 Å². The zero-order chi connectivity index (χ0) is 14.8. The van der Waals surface area contributed by atoms with Crippen LogP contribution in [0.1, 0.15) is 18.4 Å². The van der Waals surface area contributed by atoms with E-state index in [9.17, 15) is 22.0 Å². The van der Waals surface area contributed by atoms with Crippen LogP contribution in [0.3, 0.4) is 0 Å². The van der Waals surface area contributed by atoms with Crippen molar-refractivity contribution in [3.8, 4) is 0 Å². The standard InChI is InChI=1S/C13H14F5NS/c14-12(15,13(16,17)18)9-1-3-10(4-2-9)20-11-5-7-19-8-6-11/h1-4,11,19H,5-8H2. The lowest BCUT2D eigenvalue weighted by atomic mass is 10.1. The van der Waals surface area contributed by atoms with Crippen molar-refractivity contribution in [1.82, 2.24) is 5.32 Å². The number of alkyl halides is 5. The predicted molar refractivity (Wildman–Crippen MR) is 68.1 cm³/mol. The van der Waals surface area contributed by atoms with Crippen LogP contribution in [-0.2, 0) is 5.92 Å². The van der Waals surface area contributed by atoms with Gasteiger partial charge in [-0.05, 0) is 38.1 Å². The van der Waals surface area contributed by atoms with Crippen molar-refractivity contribution in [1.29, 1.82) is 0 Å². The van der Waals surface area contributed by atoms with Gasteiger partial charge in [0.05, 0.1) is 0 Å². The van der Waals surface area contributed by atoms with E-state index in [0.717, 1.165) is 43.0 Å². The van der Waals surface area contributed by atoms with Crippen LogP contribution in [0.15, 0.2) is 29.2 Å². The number of halogens is 5. The largest absolute Gasteiger partial charge is 0.458 e. The van der Waals surface area contributed by atoms with Crippen molar-refractivity contribution in [3.63, 3.8) is 0 Å². The summed E-state index contributed by atoms with van der Waals surface area (Å²) in [6.45, 7) is 1.81. The molecule has 1 aromatic rings. The van der Waals surface area contributed by atoms with E-state index in [4.69, 9.17) is 0 Å². The minimum absolute atomic E-state index is 0.380. The average Bonchev–Trinajstić information content (AvgIpc) is 2.39. The smallest absolute Gasteiger partial charge is 0.317 e. The highest BCUT2D eigenvalue weighted by molar-refractivity contribution is 8.00. The Bertz CT molecular complexity index is 437. The minimum atomic E-state index is -5.56. The average molecular weight is 311 g/mol. The minimum Gasteiger partial charge on any atom is -0.317 e. The third-order valence-corrected chi connectivity index (χ3v) is 4.51. The maximum Gasteiger partial charge on any atom is 0.458 e. The number of benzene rings is 1. The summed E-state index contributed by atoms with van der Waals surface area (Å²) in [6, 6.07) is 4.39. The van der Waals surface area contributed by atoms with Crippen LogP contribution in [0.2, 0.25) is 0 Å². The molecule has 0 unspecified atom stereocenters. The third-order valence-electron chi connectivity index (χ3n) is 3.16. The zero-order valence-electron chi connectivity index (χ0n) is 10.5. The molecule has 0 aliphatic carbocycles. The molecule has 1 saturated heterocycles. The summed E-state index contributed by atoms with van der Waals surface area (Å²) < 4.78 is 62.9. The monoisotopic (exact) mass is 311 g/mol. The van der Waals surface area contributed by atoms with Gasteiger partial charge in [-0.15, -0.1) is 11.8 Å². The van der Waals surface area contributed by atoms with Gasteiger partial charge in [0.2, 0.25) is 0 Å². The fourth-order valence-corrected chi connectivity index (χ4v) is 3.16. The van der Waals surface area contributed by atoms with Gasteiger partial charge in [-0.3, -0.25) is 0 Å². The van der Waals surface area contributed by atoms with Crippen molar-refractivity contribution in [3.05, 3.63) is 29.8 Å². The van der Waals surface area contributed by atoms with Crippen LogP contribution >= 0.6 is 11.8 Å². The lowest BCUT2D eigenvalue weighted by molar-refractivity contribution is -0.289. The maximum atomic E-state index is 13.1. The van der Waals surface area contributed by atoms with Crippen LogP contribution in [0, 0.1) is 0 Å². The number of piperidine rings is 1. The molecule has 2 rings (SSSR count). The van der Waals surface area contributed by atoms with E-state index >= 15 is 0 Å². The molecule has 0 atom stereocenters. The van der Waals surface area contributed by atoms with E-state index in [1.807, 2.05) is 0 Å². The molecule has 1 aromatic carbocycles. The van der Waals surface area contributed by atoms with Gasteiger partial charge in [0.25, 0.3) is 0 Å². The van der Waals surface area contributed by atoms with Gasteiger partial charge in [0.1, 0.15) is 0 Å². The summed E-state index contributed by atoms with van der Waals surface area (Å²) in [7, 11) is 0. The molecule has 0 radical (unpaired) electrons. The molecule has 1 aliphatic heterocycles. The summed E-state index contributed by atoms with van der Waals surface area (Å²) in [5.74, 6) is -4.80. The Morgan fingerprint density at radius 1 is 0.950 bits per heavy atom. The molecular weight excluding hydrogens is 297 g/mol. The van der Waals surface area contributed by atoms with Gasteiger partial charge in [-0.1, -0.05) is 12.1 Å². The second-order valence-electron chi connectivity index (χ2n) is 4.66. The molecule has 1 nitrogen and oxygen atoms in total.